The van der Waals surface area contributed by atoms with Gasteiger partial charge in [0.2, 0.25) is 5.91 Å². The molecule has 1 unspecified atom stereocenters. The molecule has 0 aromatic heterocycles. The first kappa shape index (κ1) is 19.4. The Morgan fingerprint density at radius 2 is 1.89 bits per heavy atom. The van der Waals surface area contributed by atoms with E-state index in [1.165, 1.54) is 12.1 Å². The van der Waals surface area contributed by atoms with E-state index in [1.54, 1.807) is 12.1 Å². The van der Waals surface area contributed by atoms with E-state index in [0.29, 0.717) is 32.6 Å². The summed E-state index contributed by atoms with van der Waals surface area (Å²) < 4.78 is 24.8. The number of ether oxygens (including phenoxy) is 2. The fourth-order valence-electron chi connectivity index (χ4n) is 3.23. The fraction of sp³-hybridized carbons (Fsp3) is 0.409. The predicted octanol–water partition coefficient (Wildman–Crippen LogP) is 4.36. The third-order valence-corrected chi connectivity index (χ3v) is 4.81. The maximum Gasteiger partial charge on any atom is 0.223 e. The predicted molar refractivity (Wildman–Crippen MR) is 102 cm³/mol. The second-order valence-electron chi connectivity index (χ2n) is 7.43. The largest absolute Gasteiger partial charge is 0.494 e. The maximum absolute atomic E-state index is 13.2. The van der Waals surface area contributed by atoms with Crippen LogP contribution in [0.15, 0.2) is 54.6 Å². The number of hydrogen-bond acceptors (Lipinski definition) is 3. The minimum absolute atomic E-state index is 0.0899. The molecular formula is C22H26FNO3. The van der Waals surface area contributed by atoms with Crippen molar-refractivity contribution in [2.45, 2.75) is 38.3 Å². The van der Waals surface area contributed by atoms with E-state index in [0.717, 1.165) is 11.3 Å². The van der Waals surface area contributed by atoms with E-state index >= 15 is 0 Å². The molecule has 0 radical (unpaired) electrons. The molecule has 2 aromatic carbocycles. The molecule has 0 spiro atoms. The zero-order valence-electron chi connectivity index (χ0n) is 15.9. The van der Waals surface area contributed by atoms with Crippen LogP contribution >= 0.6 is 0 Å². The second kappa shape index (κ2) is 8.53. The SMILES string of the molecule is CC1(C)COC(c2ccc(F)cc2)CN1C(=O)CCCOc1ccccc1. The normalized spacial score (nSPS) is 18.9. The molecule has 3 rings (SSSR count). The molecule has 1 atom stereocenters. The summed E-state index contributed by atoms with van der Waals surface area (Å²) in [7, 11) is 0. The van der Waals surface area contributed by atoms with E-state index in [-0.39, 0.29) is 23.4 Å². The Bertz CT molecular complexity index is 746. The Kier molecular flexibility index (Phi) is 6.11. The molecule has 27 heavy (non-hydrogen) atoms. The number of morpholine rings is 1. The van der Waals surface area contributed by atoms with Crippen LogP contribution in [0.1, 0.15) is 38.4 Å². The van der Waals surface area contributed by atoms with Gasteiger partial charge in [-0.05, 0) is 50.1 Å². The van der Waals surface area contributed by atoms with Crippen molar-refractivity contribution in [3.63, 3.8) is 0 Å². The Balaban J connectivity index is 1.55. The first-order chi connectivity index (χ1) is 13.0. The topological polar surface area (TPSA) is 38.8 Å². The quantitative estimate of drug-likeness (QED) is 0.708. The van der Waals surface area contributed by atoms with E-state index in [2.05, 4.69) is 0 Å². The van der Waals surface area contributed by atoms with Gasteiger partial charge in [0.15, 0.2) is 0 Å². The van der Waals surface area contributed by atoms with Crippen LogP contribution in [-0.4, -0.2) is 36.1 Å². The van der Waals surface area contributed by atoms with Gasteiger partial charge in [-0.2, -0.15) is 0 Å². The average Bonchev–Trinajstić information content (AvgIpc) is 2.66. The van der Waals surface area contributed by atoms with Crippen molar-refractivity contribution < 1.29 is 18.7 Å². The average molecular weight is 371 g/mol. The van der Waals surface area contributed by atoms with Gasteiger partial charge in [-0.3, -0.25) is 4.79 Å². The Morgan fingerprint density at radius 3 is 2.59 bits per heavy atom. The van der Waals surface area contributed by atoms with Gasteiger partial charge in [-0.1, -0.05) is 30.3 Å². The van der Waals surface area contributed by atoms with Crippen molar-refractivity contribution in [2.75, 3.05) is 19.8 Å². The third-order valence-electron chi connectivity index (χ3n) is 4.81. The van der Waals surface area contributed by atoms with Gasteiger partial charge in [0.25, 0.3) is 0 Å². The highest BCUT2D eigenvalue weighted by atomic mass is 19.1. The van der Waals surface area contributed by atoms with Crippen LogP contribution in [0.2, 0.25) is 0 Å². The highest BCUT2D eigenvalue weighted by Crippen LogP contribution is 2.31. The lowest BCUT2D eigenvalue weighted by atomic mass is 9.97. The number of carbonyl (C=O) groups excluding carboxylic acids is 1. The first-order valence-electron chi connectivity index (χ1n) is 9.31. The van der Waals surface area contributed by atoms with E-state index in [1.807, 2.05) is 49.1 Å². The van der Waals surface area contributed by atoms with Gasteiger partial charge in [0.1, 0.15) is 17.7 Å². The first-order valence-corrected chi connectivity index (χ1v) is 9.31. The van der Waals surface area contributed by atoms with Gasteiger partial charge < -0.3 is 14.4 Å². The number of halogens is 1. The molecule has 0 aliphatic carbocycles. The minimum Gasteiger partial charge on any atom is -0.494 e. The van der Waals surface area contributed by atoms with Gasteiger partial charge in [-0.15, -0.1) is 0 Å². The Labute approximate surface area is 159 Å². The third kappa shape index (κ3) is 5.07. The van der Waals surface area contributed by atoms with Crippen LogP contribution in [-0.2, 0) is 9.53 Å². The van der Waals surface area contributed by atoms with E-state index < -0.39 is 0 Å². The lowest BCUT2D eigenvalue weighted by Crippen LogP contribution is -2.56. The second-order valence-corrected chi connectivity index (χ2v) is 7.43. The number of carbonyl (C=O) groups is 1. The fourth-order valence-corrected chi connectivity index (χ4v) is 3.23. The van der Waals surface area contributed by atoms with Crippen LogP contribution in [0, 0.1) is 5.82 Å². The Hall–Kier alpha value is -2.40. The molecule has 2 aromatic rings. The van der Waals surface area contributed by atoms with Crippen molar-refractivity contribution in [1.82, 2.24) is 4.90 Å². The number of amides is 1. The zero-order chi connectivity index (χ0) is 19.3. The van der Waals surface area contributed by atoms with Gasteiger partial charge in [0.05, 0.1) is 25.3 Å². The smallest absolute Gasteiger partial charge is 0.223 e. The van der Waals surface area contributed by atoms with Gasteiger partial charge in [0, 0.05) is 6.42 Å². The van der Waals surface area contributed by atoms with Crippen LogP contribution in [0.5, 0.6) is 5.75 Å². The number of nitrogens with zero attached hydrogens (tertiary/aromatic N) is 1. The van der Waals surface area contributed by atoms with Crippen LogP contribution < -0.4 is 4.74 Å². The molecule has 0 bridgehead atoms. The molecular weight excluding hydrogens is 345 g/mol. The molecule has 1 fully saturated rings. The molecule has 1 aliphatic heterocycles. The summed E-state index contributed by atoms with van der Waals surface area (Å²) in [5, 5.41) is 0. The molecule has 0 saturated carbocycles. The standard InChI is InChI=1S/C22H26FNO3/c1-22(2)16-27-20(17-10-12-18(23)13-11-17)15-24(22)21(25)9-6-14-26-19-7-4-3-5-8-19/h3-5,7-8,10-13,20H,6,9,14-16H2,1-2H3. The summed E-state index contributed by atoms with van der Waals surface area (Å²) in [6.45, 7) is 5.43. The Morgan fingerprint density at radius 1 is 1.19 bits per heavy atom. The van der Waals surface area contributed by atoms with Crippen molar-refractivity contribution in [3.8, 4) is 5.75 Å². The van der Waals surface area contributed by atoms with Crippen molar-refractivity contribution in [2.24, 2.45) is 0 Å². The summed E-state index contributed by atoms with van der Waals surface area (Å²) in [4.78, 5) is 14.7. The summed E-state index contributed by atoms with van der Waals surface area (Å²) in [6.07, 6.45) is 0.845. The molecule has 144 valence electrons. The van der Waals surface area contributed by atoms with Crippen molar-refractivity contribution in [1.29, 1.82) is 0 Å². The zero-order valence-corrected chi connectivity index (χ0v) is 15.9. The molecule has 1 saturated heterocycles. The summed E-state index contributed by atoms with van der Waals surface area (Å²) in [5.74, 6) is 0.626. The number of benzene rings is 2. The lowest BCUT2D eigenvalue weighted by Gasteiger charge is -2.45. The number of para-hydroxylation sites is 1. The van der Waals surface area contributed by atoms with Crippen molar-refractivity contribution >= 4 is 5.91 Å². The molecule has 1 amide bonds. The van der Waals surface area contributed by atoms with Crippen LogP contribution in [0.25, 0.3) is 0 Å². The van der Waals surface area contributed by atoms with E-state index in [9.17, 15) is 9.18 Å². The van der Waals surface area contributed by atoms with Crippen LogP contribution in [0.4, 0.5) is 4.39 Å². The summed E-state index contributed by atoms with van der Waals surface area (Å²) >= 11 is 0. The summed E-state index contributed by atoms with van der Waals surface area (Å²) in [5.41, 5.74) is 0.519. The lowest BCUT2D eigenvalue weighted by molar-refractivity contribution is -0.155. The van der Waals surface area contributed by atoms with Crippen molar-refractivity contribution in [3.05, 3.63) is 66.0 Å². The van der Waals surface area contributed by atoms with Gasteiger partial charge >= 0.3 is 0 Å². The molecule has 5 heteroatoms. The highest BCUT2D eigenvalue weighted by Gasteiger charge is 2.38. The minimum atomic E-state index is -0.367. The molecule has 4 nitrogen and oxygen atoms in total. The van der Waals surface area contributed by atoms with E-state index in [4.69, 9.17) is 9.47 Å². The van der Waals surface area contributed by atoms with Crippen LogP contribution in [0.3, 0.4) is 0 Å². The molecule has 0 N–H and O–H groups in total. The number of rotatable bonds is 6. The highest BCUT2D eigenvalue weighted by molar-refractivity contribution is 5.77. The number of hydrogen-bond donors (Lipinski definition) is 0. The summed E-state index contributed by atoms with van der Waals surface area (Å²) in [6, 6.07) is 15.9. The maximum atomic E-state index is 13.2. The molecule has 1 heterocycles. The molecule has 1 aliphatic rings. The van der Waals surface area contributed by atoms with Gasteiger partial charge in [-0.25, -0.2) is 4.39 Å². The monoisotopic (exact) mass is 371 g/mol.